The lowest BCUT2D eigenvalue weighted by molar-refractivity contribution is -0.123. The Balaban J connectivity index is 2.14. The molecule has 1 atom stereocenters. The van der Waals surface area contributed by atoms with Crippen LogP contribution < -0.4 is 11.1 Å². The van der Waals surface area contributed by atoms with Crippen molar-refractivity contribution in [1.82, 2.24) is 0 Å². The fourth-order valence-corrected chi connectivity index (χ4v) is 3.13. The standard InChI is InChI=1S/C19H20Cl2N2O3/c1-9-5-10(2)17(11(3)6-9)23-18(24)12(4)26-19(25)14-7-13(20)8-15(21)16(14)22/h5-8,12H,22H2,1-4H3,(H,23,24)/t12-/m0/s1. The Bertz CT molecular complexity index is 858. The summed E-state index contributed by atoms with van der Waals surface area (Å²) < 4.78 is 5.22. The maximum Gasteiger partial charge on any atom is 0.341 e. The molecule has 2 aromatic carbocycles. The summed E-state index contributed by atoms with van der Waals surface area (Å²) in [4.78, 5) is 24.7. The van der Waals surface area contributed by atoms with Crippen molar-refractivity contribution in [2.75, 3.05) is 11.1 Å². The van der Waals surface area contributed by atoms with E-state index >= 15 is 0 Å². The Labute approximate surface area is 162 Å². The number of halogens is 2. The monoisotopic (exact) mass is 394 g/mol. The molecule has 0 radical (unpaired) electrons. The third kappa shape index (κ3) is 4.48. The number of nitrogens with one attached hydrogen (secondary N) is 1. The van der Waals surface area contributed by atoms with Crippen molar-refractivity contribution in [2.24, 2.45) is 0 Å². The Hall–Kier alpha value is -2.24. The number of nitrogen functional groups attached to an aromatic ring is 1. The van der Waals surface area contributed by atoms with Crippen molar-refractivity contribution < 1.29 is 14.3 Å². The second-order valence-corrected chi connectivity index (χ2v) is 7.00. The second kappa shape index (κ2) is 7.98. The van der Waals surface area contributed by atoms with Crippen LogP contribution in [0.1, 0.15) is 34.0 Å². The zero-order chi connectivity index (χ0) is 19.6. The van der Waals surface area contributed by atoms with Gasteiger partial charge in [-0.05, 0) is 51.0 Å². The van der Waals surface area contributed by atoms with E-state index < -0.39 is 18.0 Å². The van der Waals surface area contributed by atoms with E-state index in [1.165, 1.54) is 19.1 Å². The van der Waals surface area contributed by atoms with E-state index in [4.69, 9.17) is 33.7 Å². The summed E-state index contributed by atoms with van der Waals surface area (Å²) in [6, 6.07) is 6.71. The number of ether oxygens (including phenoxy) is 1. The van der Waals surface area contributed by atoms with Gasteiger partial charge in [-0.25, -0.2) is 4.79 Å². The molecule has 0 unspecified atom stereocenters. The van der Waals surface area contributed by atoms with Crippen LogP contribution in [0.3, 0.4) is 0 Å². The van der Waals surface area contributed by atoms with Crippen LogP contribution in [-0.2, 0) is 9.53 Å². The highest BCUT2D eigenvalue weighted by molar-refractivity contribution is 6.37. The first-order valence-corrected chi connectivity index (χ1v) is 8.70. The Morgan fingerprint density at radius 3 is 2.23 bits per heavy atom. The third-order valence-electron chi connectivity index (χ3n) is 3.89. The van der Waals surface area contributed by atoms with Gasteiger partial charge < -0.3 is 15.8 Å². The lowest BCUT2D eigenvalue weighted by Crippen LogP contribution is -2.30. The van der Waals surface area contributed by atoms with Crippen LogP contribution in [0.25, 0.3) is 0 Å². The molecule has 1 amide bonds. The predicted octanol–water partition coefficient (Wildman–Crippen LogP) is 4.68. The summed E-state index contributed by atoms with van der Waals surface area (Å²) in [5.41, 5.74) is 9.53. The summed E-state index contributed by atoms with van der Waals surface area (Å²) >= 11 is 11.8. The van der Waals surface area contributed by atoms with E-state index in [9.17, 15) is 9.59 Å². The van der Waals surface area contributed by atoms with Crippen molar-refractivity contribution in [3.05, 3.63) is 56.6 Å². The number of amides is 1. The highest BCUT2D eigenvalue weighted by atomic mass is 35.5. The Morgan fingerprint density at radius 1 is 1.08 bits per heavy atom. The maximum absolute atomic E-state index is 12.4. The van der Waals surface area contributed by atoms with Gasteiger partial charge in [0, 0.05) is 10.7 Å². The van der Waals surface area contributed by atoms with Gasteiger partial charge >= 0.3 is 5.97 Å². The van der Waals surface area contributed by atoms with Crippen molar-refractivity contribution in [1.29, 1.82) is 0 Å². The molecule has 0 saturated heterocycles. The lowest BCUT2D eigenvalue weighted by atomic mass is 10.0. The fraction of sp³-hybridized carbons (Fsp3) is 0.263. The Kier molecular flexibility index (Phi) is 6.16. The minimum Gasteiger partial charge on any atom is -0.449 e. The maximum atomic E-state index is 12.4. The van der Waals surface area contributed by atoms with Crippen LogP contribution >= 0.6 is 23.2 Å². The van der Waals surface area contributed by atoms with Gasteiger partial charge in [-0.1, -0.05) is 40.9 Å². The molecule has 0 saturated carbocycles. The molecule has 0 aliphatic rings. The van der Waals surface area contributed by atoms with Crippen molar-refractivity contribution in [3.63, 3.8) is 0 Å². The van der Waals surface area contributed by atoms with Gasteiger partial charge in [0.15, 0.2) is 6.10 Å². The van der Waals surface area contributed by atoms with Crippen LogP contribution in [0.4, 0.5) is 11.4 Å². The van der Waals surface area contributed by atoms with Gasteiger partial charge in [0.25, 0.3) is 5.91 Å². The molecule has 0 aliphatic heterocycles. The van der Waals surface area contributed by atoms with Crippen LogP contribution in [0.2, 0.25) is 10.0 Å². The zero-order valence-corrected chi connectivity index (χ0v) is 16.5. The van der Waals surface area contributed by atoms with E-state index in [0.717, 1.165) is 16.7 Å². The normalized spacial score (nSPS) is 11.8. The molecular formula is C19H20Cl2N2O3. The molecule has 0 spiro atoms. The van der Waals surface area contributed by atoms with Gasteiger partial charge in [0.05, 0.1) is 16.3 Å². The topological polar surface area (TPSA) is 81.4 Å². The SMILES string of the molecule is Cc1cc(C)c(NC(=O)[C@H](C)OC(=O)c2cc(Cl)cc(Cl)c2N)c(C)c1. The molecule has 3 N–H and O–H groups in total. The highest BCUT2D eigenvalue weighted by Gasteiger charge is 2.22. The van der Waals surface area contributed by atoms with Crippen molar-refractivity contribution in [3.8, 4) is 0 Å². The summed E-state index contributed by atoms with van der Waals surface area (Å²) in [5, 5.41) is 3.20. The number of aryl methyl sites for hydroxylation is 3. The first-order chi connectivity index (χ1) is 12.1. The Morgan fingerprint density at radius 2 is 1.65 bits per heavy atom. The number of benzene rings is 2. The van der Waals surface area contributed by atoms with Gasteiger partial charge in [-0.2, -0.15) is 0 Å². The van der Waals surface area contributed by atoms with Crippen LogP contribution in [-0.4, -0.2) is 18.0 Å². The number of nitrogens with two attached hydrogens (primary N) is 1. The van der Waals surface area contributed by atoms with E-state index in [-0.39, 0.29) is 21.3 Å². The van der Waals surface area contributed by atoms with Crippen molar-refractivity contribution >= 4 is 46.5 Å². The van der Waals surface area contributed by atoms with Gasteiger partial charge in [-0.3, -0.25) is 4.79 Å². The van der Waals surface area contributed by atoms with Crippen LogP contribution in [0.15, 0.2) is 24.3 Å². The van der Waals surface area contributed by atoms with E-state index in [1.54, 1.807) is 0 Å². The third-order valence-corrected chi connectivity index (χ3v) is 4.42. The summed E-state index contributed by atoms with van der Waals surface area (Å²) in [7, 11) is 0. The zero-order valence-electron chi connectivity index (χ0n) is 14.9. The van der Waals surface area contributed by atoms with E-state index in [0.29, 0.717) is 5.69 Å². The summed E-state index contributed by atoms with van der Waals surface area (Å²) in [5.74, 6) is -1.22. The second-order valence-electron chi connectivity index (χ2n) is 6.16. The molecule has 0 aromatic heterocycles. The van der Waals surface area contributed by atoms with Gasteiger partial charge in [0.2, 0.25) is 0 Å². The molecule has 0 fully saturated rings. The number of hydrogen-bond acceptors (Lipinski definition) is 4. The van der Waals surface area contributed by atoms with E-state index in [2.05, 4.69) is 5.32 Å². The molecule has 2 aromatic rings. The number of hydrogen-bond donors (Lipinski definition) is 2. The van der Waals surface area contributed by atoms with Crippen LogP contribution in [0.5, 0.6) is 0 Å². The van der Waals surface area contributed by atoms with Gasteiger partial charge in [-0.15, -0.1) is 0 Å². The first-order valence-electron chi connectivity index (χ1n) is 7.94. The summed E-state index contributed by atoms with van der Waals surface area (Å²) in [6.07, 6.45) is -1.03. The molecule has 0 aliphatic carbocycles. The van der Waals surface area contributed by atoms with E-state index in [1.807, 2.05) is 32.9 Å². The highest BCUT2D eigenvalue weighted by Crippen LogP contribution is 2.28. The molecule has 7 heteroatoms. The molecule has 5 nitrogen and oxygen atoms in total. The largest absolute Gasteiger partial charge is 0.449 e. The molecule has 0 heterocycles. The minimum absolute atomic E-state index is 0.0184. The number of rotatable bonds is 4. The lowest BCUT2D eigenvalue weighted by Gasteiger charge is -2.17. The summed E-state index contributed by atoms with van der Waals surface area (Å²) in [6.45, 7) is 7.27. The smallest absolute Gasteiger partial charge is 0.341 e. The van der Waals surface area contributed by atoms with Crippen molar-refractivity contribution in [2.45, 2.75) is 33.8 Å². The molecule has 26 heavy (non-hydrogen) atoms. The molecule has 138 valence electrons. The number of carbonyl (C=O) groups excluding carboxylic acids is 2. The average Bonchev–Trinajstić information content (AvgIpc) is 2.53. The molecule has 0 bridgehead atoms. The molecule has 2 rings (SSSR count). The fourth-order valence-electron chi connectivity index (χ4n) is 2.63. The number of anilines is 2. The number of carbonyl (C=O) groups is 2. The average molecular weight is 395 g/mol. The predicted molar refractivity (Wildman–Crippen MR) is 105 cm³/mol. The molecular weight excluding hydrogens is 375 g/mol. The minimum atomic E-state index is -1.03. The van der Waals surface area contributed by atoms with Gasteiger partial charge in [0.1, 0.15) is 0 Å². The van der Waals surface area contributed by atoms with Crippen LogP contribution in [0, 0.1) is 20.8 Å². The quantitative estimate of drug-likeness (QED) is 0.582. The first kappa shape index (κ1) is 20.1. The number of esters is 1.